The van der Waals surface area contributed by atoms with E-state index < -0.39 is 0 Å². The molecular formula is C19H24N6O2. The Labute approximate surface area is 158 Å². The molecule has 0 bridgehead atoms. The molecule has 142 valence electrons. The van der Waals surface area contributed by atoms with Gasteiger partial charge in [-0.25, -0.2) is 4.98 Å². The summed E-state index contributed by atoms with van der Waals surface area (Å²) in [5.41, 5.74) is 6.21. The van der Waals surface area contributed by atoms with E-state index in [0.717, 1.165) is 57.7 Å². The Balaban J connectivity index is 1.31. The predicted molar refractivity (Wildman–Crippen MR) is 102 cm³/mol. The molecule has 8 nitrogen and oxygen atoms in total. The summed E-state index contributed by atoms with van der Waals surface area (Å²) in [6.45, 7) is 3.40. The van der Waals surface area contributed by atoms with Crippen LogP contribution in [-0.2, 0) is 0 Å². The van der Waals surface area contributed by atoms with Crippen molar-refractivity contribution in [1.29, 1.82) is 0 Å². The molecule has 2 aromatic heterocycles. The zero-order chi connectivity index (χ0) is 18.6. The largest absolute Gasteiger partial charge is 0.473 e. The molecule has 0 spiro atoms. The van der Waals surface area contributed by atoms with E-state index in [1.807, 2.05) is 17.0 Å². The highest BCUT2D eigenvalue weighted by atomic mass is 16.5. The van der Waals surface area contributed by atoms with Crippen molar-refractivity contribution in [3.63, 3.8) is 0 Å². The summed E-state index contributed by atoms with van der Waals surface area (Å²) in [6, 6.07) is 7.25. The third kappa shape index (κ3) is 4.10. The van der Waals surface area contributed by atoms with Gasteiger partial charge in [-0.2, -0.15) is 0 Å². The maximum Gasteiger partial charge on any atom is 0.255 e. The van der Waals surface area contributed by atoms with Crippen molar-refractivity contribution < 1.29 is 9.53 Å². The number of nitrogens with two attached hydrogens (primary N) is 1. The lowest BCUT2D eigenvalue weighted by atomic mass is 10.1. The number of nitrogens with zero attached hydrogens (tertiary/aromatic N) is 5. The van der Waals surface area contributed by atoms with Gasteiger partial charge in [0.05, 0.1) is 5.56 Å². The third-order valence-electron chi connectivity index (χ3n) is 5.10. The van der Waals surface area contributed by atoms with Crippen LogP contribution in [0.3, 0.4) is 0 Å². The number of aromatic nitrogens is 3. The third-order valence-corrected chi connectivity index (χ3v) is 5.10. The molecule has 0 aliphatic carbocycles. The molecule has 27 heavy (non-hydrogen) atoms. The fourth-order valence-corrected chi connectivity index (χ4v) is 3.57. The van der Waals surface area contributed by atoms with Crippen LogP contribution in [0, 0.1) is 0 Å². The average Bonchev–Trinajstić information content (AvgIpc) is 3.25. The van der Waals surface area contributed by atoms with E-state index in [9.17, 15) is 4.79 Å². The van der Waals surface area contributed by atoms with Gasteiger partial charge in [-0.1, -0.05) is 0 Å². The Morgan fingerprint density at radius 3 is 2.44 bits per heavy atom. The highest BCUT2D eigenvalue weighted by Gasteiger charge is 2.23. The van der Waals surface area contributed by atoms with Gasteiger partial charge in [0.25, 0.3) is 5.91 Å². The lowest BCUT2D eigenvalue weighted by Crippen LogP contribution is -2.38. The van der Waals surface area contributed by atoms with Gasteiger partial charge >= 0.3 is 0 Å². The first kappa shape index (κ1) is 17.5. The lowest BCUT2D eigenvalue weighted by Gasteiger charge is -2.32. The number of pyridine rings is 1. The summed E-state index contributed by atoms with van der Waals surface area (Å²) in [5.74, 6) is 1.88. The number of hydrogen-bond donors (Lipinski definition) is 1. The van der Waals surface area contributed by atoms with Crippen molar-refractivity contribution >= 4 is 17.5 Å². The molecule has 4 rings (SSSR count). The van der Waals surface area contributed by atoms with Gasteiger partial charge < -0.3 is 20.3 Å². The summed E-state index contributed by atoms with van der Waals surface area (Å²) in [7, 11) is 0. The number of ether oxygens (including phenoxy) is 1. The predicted octanol–water partition coefficient (Wildman–Crippen LogP) is 1.74. The summed E-state index contributed by atoms with van der Waals surface area (Å²) in [6.07, 6.45) is 5.74. The van der Waals surface area contributed by atoms with Gasteiger partial charge in [-0.15, -0.1) is 10.2 Å². The summed E-state index contributed by atoms with van der Waals surface area (Å²) >= 11 is 0. The Morgan fingerprint density at radius 1 is 1.04 bits per heavy atom. The normalized spacial score (nSPS) is 17.9. The van der Waals surface area contributed by atoms with Gasteiger partial charge in [0.1, 0.15) is 17.7 Å². The van der Waals surface area contributed by atoms with Crippen LogP contribution in [0.15, 0.2) is 30.5 Å². The molecule has 0 unspecified atom stereocenters. The summed E-state index contributed by atoms with van der Waals surface area (Å²) < 4.78 is 5.88. The van der Waals surface area contributed by atoms with Crippen LogP contribution in [0.5, 0.6) is 5.88 Å². The number of nitrogen functional groups attached to an aromatic ring is 1. The lowest BCUT2D eigenvalue weighted by molar-refractivity contribution is 0.0792. The number of piperidine rings is 1. The first-order chi connectivity index (χ1) is 13.2. The van der Waals surface area contributed by atoms with Crippen molar-refractivity contribution in [3.8, 4) is 5.88 Å². The number of anilines is 2. The van der Waals surface area contributed by atoms with Gasteiger partial charge in [0.2, 0.25) is 5.88 Å². The summed E-state index contributed by atoms with van der Waals surface area (Å²) in [5, 5.41) is 7.76. The Kier molecular flexibility index (Phi) is 5.04. The minimum absolute atomic E-state index is 0.0864. The van der Waals surface area contributed by atoms with E-state index in [2.05, 4.69) is 20.1 Å². The molecular weight excluding hydrogens is 344 g/mol. The molecule has 2 aromatic rings. The second kappa shape index (κ2) is 7.77. The van der Waals surface area contributed by atoms with Crippen LogP contribution in [0.4, 0.5) is 11.6 Å². The first-order valence-electron chi connectivity index (χ1n) is 9.45. The molecule has 1 amide bonds. The van der Waals surface area contributed by atoms with E-state index >= 15 is 0 Å². The SMILES string of the molecule is Nc1ccc(OC2CCN(c3ccc(C(=O)N4CCCC4)cn3)CC2)nn1. The van der Waals surface area contributed by atoms with E-state index in [4.69, 9.17) is 10.5 Å². The second-order valence-electron chi connectivity index (χ2n) is 7.01. The fourth-order valence-electron chi connectivity index (χ4n) is 3.57. The zero-order valence-corrected chi connectivity index (χ0v) is 15.3. The molecule has 0 aromatic carbocycles. The highest BCUT2D eigenvalue weighted by Crippen LogP contribution is 2.22. The van der Waals surface area contributed by atoms with Crippen molar-refractivity contribution in [2.24, 2.45) is 0 Å². The fraction of sp³-hybridized carbons (Fsp3) is 0.474. The van der Waals surface area contributed by atoms with E-state index in [-0.39, 0.29) is 12.0 Å². The van der Waals surface area contributed by atoms with Crippen LogP contribution in [0.25, 0.3) is 0 Å². The van der Waals surface area contributed by atoms with Crippen molar-refractivity contribution in [2.45, 2.75) is 31.8 Å². The standard InChI is InChI=1S/C19H24N6O2/c20-16-4-6-18(23-22-16)27-15-7-11-24(12-8-15)17-5-3-14(13-21-17)19(26)25-9-1-2-10-25/h3-6,13,15H,1-2,7-12H2,(H2,20,22). The maximum atomic E-state index is 12.4. The van der Waals surface area contributed by atoms with Crippen LogP contribution in [0.1, 0.15) is 36.0 Å². The Bertz CT molecular complexity index is 766. The molecule has 4 heterocycles. The van der Waals surface area contributed by atoms with Crippen LogP contribution in [-0.4, -0.2) is 58.3 Å². The summed E-state index contributed by atoms with van der Waals surface area (Å²) in [4.78, 5) is 21.0. The van der Waals surface area contributed by atoms with Crippen molar-refractivity contribution in [1.82, 2.24) is 20.1 Å². The number of carbonyl (C=O) groups is 1. The molecule has 0 saturated carbocycles. The van der Waals surface area contributed by atoms with E-state index in [1.54, 1.807) is 18.3 Å². The number of likely N-dealkylation sites (tertiary alicyclic amines) is 1. The molecule has 0 atom stereocenters. The quantitative estimate of drug-likeness (QED) is 0.878. The average molecular weight is 368 g/mol. The topological polar surface area (TPSA) is 97.5 Å². The Morgan fingerprint density at radius 2 is 1.81 bits per heavy atom. The van der Waals surface area contributed by atoms with E-state index in [1.165, 1.54) is 0 Å². The first-order valence-corrected chi connectivity index (χ1v) is 9.45. The zero-order valence-electron chi connectivity index (χ0n) is 15.3. The molecule has 8 heteroatoms. The molecule has 2 fully saturated rings. The number of hydrogen-bond acceptors (Lipinski definition) is 7. The van der Waals surface area contributed by atoms with Gasteiger partial charge in [0.15, 0.2) is 0 Å². The maximum absolute atomic E-state index is 12.4. The highest BCUT2D eigenvalue weighted by molar-refractivity contribution is 5.94. The Hall–Kier alpha value is -2.90. The number of carbonyl (C=O) groups excluding carboxylic acids is 1. The minimum Gasteiger partial charge on any atom is -0.473 e. The molecule has 2 saturated heterocycles. The molecule has 0 radical (unpaired) electrons. The van der Waals surface area contributed by atoms with E-state index in [0.29, 0.717) is 17.3 Å². The number of amides is 1. The minimum atomic E-state index is 0.0864. The number of rotatable bonds is 4. The monoisotopic (exact) mass is 368 g/mol. The van der Waals surface area contributed by atoms with Crippen LogP contribution in [0.2, 0.25) is 0 Å². The van der Waals surface area contributed by atoms with Gasteiger partial charge in [0, 0.05) is 51.3 Å². The molecule has 2 aliphatic heterocycles. The van der Waals surface area contributed by atoms with Gasteiger partial charge in [-0.3, -0.25) is 4.79 Å². The van der Waals surface area contributed by atoms with Crippen molar-refractivity contribution in [2.75, 3.05) is 36.8 Å². The van der Waals surface area contributed by atoms with Gasteiger partial charge in [-0.05, 0) is 31.0 Å². The smallest absolute Gasteiger partial charge is 0.255 e. The van der Waals surface area contributed by atoms with Crippen LogP contribution >= 0.6 is 0 Å². The molecule has 2 aliphatic rings. The van der Waals surface area contributed by atoms with Crippen LogP contribution < -0.4 is 15.4 Å². The molecule has 2 N–H and O–H groups in total. The van der Waals surface area contributed by atoms with Crippen molar-refractivity contribution in [3.05, 3.63) is 36.0 Å². The second-order valence-corrected chi connectivity index (χ2v) is 7.01.